The molecule has 27 heavy (non-hydrogen) atoms. The van der Waals surface area contributed by atoms with Crippen LogP contribution in [-0.4, -0.2) is 30.5 Å². The van der Waals surface area contributed by atoms with Gasteiger partial charge in [-0.15, -0.1) is 12.4 Å². The number of carbonyl (C=O) groups excluding carboxylic acids is 1. The molecule has 3 rings (SSSR count). The second-order valence-electron chi connectivity index (χ2n) is 6.91. The van der Waals surface area contributed by atoms with Crippen molar-refractivity contribution in [1.82, 2.24) is 4.90 Å². The van der Waals surface area contributed by atoms with Gasteiger partial charge in [-0.25, -0.2) is 0 Å². The number of fused-ring (bicyclic) bond motifs is 1. The third-order valence-corrected chi connectivity index (χ3v) is 4.40. The molecule has 2 aromatic carbocycles. The number of nitrogens with zero attached hydrogens (tertiary/aromatic N) is 2. The number of rotatable bonds is 4. The molecule has 1 aliphatic heterocycles. The summed E-state index contributed by atoms with van der Waals surface area (Å²) in [6, 6.07) is 13.1. The molecule has 0 atom stereocenters. The van der Waals surface area contributed by atoms with Crippen molar-refractivity contribution in [2.45, 2.75) is 32.9 Å². The summed E-state index contributed by atoms with van der Waals surface area (Å²) < 4.78 is 5.59. The van der Waals surface area contributed by atoms with E-state index in [4.69, 9.17) is 4.74 Å². The van der Waals surface area contributed by atoms with Crippen LogP contribution in [-0.2, 0) is 13.0 Å². The number of likely N-dealkylation sites (N-methyl/N-ethyl adjacent to an activating group) is 1. The molecule has 0 aliphatic carbocycles. The first kappa shape index (κ1) is 20.8. The molecule has 1 aliphatic rings. The molecular weight excluding hydrogens is 362 g/mol. The van der Waals surface area contributed by atoms with Gasteiger partial charge in [0.15, 0.2) is 0 Å². The average Bonchev–Trinajstić information content (AvgIpc) is 2.60. The molecule has 0 saturated carbocycles. The maximum Gasteiger partial charge on any atom is 0.257 e. The van der Waals surface area contributed by atoms with Gasteiger partial charge in [-0.05, 0) is 68.8 Å². The highest BCUT2D eigenvalue weighted by atomic mass is 35.5. The van der Waals surface area contributed by atoms with E-state index < -0.39 is 0 Å². The van der Waals surface area contributed by atoms with Crippen LogP contribution in [0.15, 0.2) is 36.4 Å². The Balaban J connectivity index is 0.00000261. The first-order chi connectivity index (χ1) is 12.5. The maximum atomic E-state index is 12.6. The van der Waals surface area contributed by atoms with Gasteiger partial charge >= 0.3 is 0 Å². The van der Waals surface area contributed by atoms with Gasteiger partial charge in [0.25, 0.3) is 5.91 Å². The van der Waals surface area contributed by atoms with Crippen LogP contribution in [0.1, 0.15) is 40.9 Å². The monoisotopic (exact) mass is 385 g/mol. The van der Waals surface area contributed by atoms with Crippen molar-refractivity contribution in [1.29, 1.82) is 5.26 Å². The van der Waals surface area contributed by atoms with E-state index in [1.165, 1.54) is 11.1 Å². The number of hydrogen-bond donors (Lipinski definition) is 1. The summed E-state index contributed by atoms with van der Waals surface area (Å²) in [4.78, 5) is 14.9. The van der Waals surface area contributed by atoms with Gasteiger partial charge in [0.1, 0.15) is 11.8 Å². The van der Waals surface area contributed by atoms with Crippen LogP contribution in [0.3, 0.4) is 0 Å². The van der Waals surface area contributed by atoms with E-state index in [0.717, 1.165) is 25.2 Å². The smallest absolute Gasteiger partial charge is 0.257 e. The lowest BCUT2D eigenvalue weighted by Gasteiger charge is -2.25. The predicted molar refractivity (Wildman–Crippen MR) is 109 cm³/mol. The largest absolute Gasteiger partial charge is 0.491 e. The Kier molecular flexibility index (Phi) is 6.84. The van der Waals surface area contributed by atoms with Crippen molar-refractivity contribution in [2.75, 3.05) is 18.9 Å². The number of benzene rings is 2. The fourth-order valence-electron chi connectivity index (χ4n) is 3.13. The summed E-state index contributed by atoms with van der Waals surface area (Å²) in [6.45, 7) is 5.76. The number of ether oxygens (including phenoxy) is 1. The summed E-state index contributed by atoms with van der Waals surface area (Å²) in [7, 11) is 2.09. The second kappa shape index (κ2) is 8.90. The number of anilines is 1. The number of hydrogen-bond acceptors (Lipinski definition) is 4. The zero-order valence-corrected chi connectivity index (χ0v) is 16.6. The predicted octanol–water partition coefficient (Wildman–Crippen LogP) is 4.01. The zero-order chi connectivity index (χ0) is 18.7. The zero-order valence-electron chi connectivity index (χ0n) is 15.8. The Morgan fingerprint density at radius 3 is 2.70 bits per heavy atom. The van der Waals surface area contributed by atoms with E-state index in [1.54, 1.807) is 18.2 Å². The standard InChI is InChI=1S/C21H23N3O2.ClH/c1-14(2)26-19-6-7-20(16(11-19)12-22)21(25)23-18-5-4-15-8-9-24(3)13-17(15)10-18;/h4-7,10-11,14H,8-9,13H2,1-3H3,(H,23,25);1H. The van der Waals surface area contributed by atoms with Gasteiger partial charge < -0.3 is 15.0 Å². The summed E-state index contributed by atoms with van der Waals surface area (Å²) in [5.74, 6) is 0.298. The molecule has 2 aromatic rings. The van der Waals surface area contributed by atoms with Gasteiger partial charge in [0.2, 0.25) is 0 Å². The number of carbonyl (C=O) groups is 1. The lowest BCUT2D eigenvalue weighted by Crippen LogP contribution is -2.26. The maximum absolute atomic E-state index is 12.6. The van der Waals surface area contributed by atoms with Crippen LogP contribution < -0.4 is 10.1 Å². The van der Waals surface area contributed by atoms with E-state index in [-0.39, 0.29) is 24.4 Å². The molecule has 1 N–H and O–H groups in total. The van der Waals surface area contributed by atoms with Gasteiger partial charge in [0, 0.05) is 18.8 Å². The van der Waals surface area contributed by atoms with E-state index in [1.807, 2.05) is 26.0 Å². The summed E-state index contributed by atoms with van der Waals surface area (Å²) in [6.07, 6.45) is 1.03. The molecule has 0 aromatic heterocycles. The lowest BCUT2D eigenvalue weighted by molar-refractivity contribution is 0.102. The minimum atomic E-state index is -0.290. The van der Waals surface area contributed by atoms with E-state index in [9.17, 15) is 10.1 Å². The fourth-order valence-corrected chi connectivity index (χ4v) is 3.13. The molecule has 0 bridgehead atoms. The number of halogens is 1. The third kappa shape index (κ3) is 5.00. The number of nitriles is 1. The quantitative estimate of drug-likeness (QED) is 0.863. The van der Waals surface area contributed by atoms with Crippen LogP contribution in [0.4, 0.5) is 5.69 Å². The molecule has 0 saturated heterocycles. The Labute approximate surface area is 166 Å². The number of amides is 1. The van der Waals surface area contributed by atoms with Crippen LogP contribution in [0, 0.1) is 11.3 Å². The first-order valence-corrected chi connectivity index (χ1v) is 8.79. The van der Waals surface area contributed by atoms with E-state index in [2.05, 4.69) is 29.4 Å². The molecule has 142 valence electrons. The molecule has 0 fully saturated rings. The third-order valence-electron chi connectivity index (χ3n) is 4.40. The van der Waals surface area contributed by atoms with Crippen LogP contribution in [0.25, 0.3) is 0 Å². The first-order valence-electron chi connectivity index (χ1n) is 8.79. The lowest BCUT2D eigenvalue weighted by atomic mass is 9.99. The highest BCUT2D eigenvalue weighted by Gasteiger charge is 2.16. The normalized spacial score (nSPS) is 13.3. The molecule has 1 heterocycles. The van der Waals surface area contributed by atoms with E-state index in [0.29, 0.717) is 16.9 Å². The van der Waals surface area contributed by atoms with Crippen LogP contribution >= 0.6 is 12.4 Å². The SMILES string of the molecule is CC(C)Oc1ccc(C(=O)Nc2ccc3c(c2)CN(C)CC3)c(C#N)c1.Cl. The Morgan fingerprint density at radius 2 is 2.00 bits per heavy atom. The van der Waals surface area contributed by atoms with Gasteiger partial charge in [0.05, 0.1) is 17.2 Å². The summed E-state index contributed by atoms with van der Waals surface area (Å²) in [5, 5.41) is 12.3. The summed E-state index contributed by atoms with van der Waals surface area (Å²) >= 11 is 0. The topological polar surface area (TPSA) is 65.4 Å². The molecule has 5 nitrogen and oxygen atoms in total. The molecule has 0 unspecified atom stereocenters. The summed E-state index contributed by atoms with van der Waals surface area (Å²) in [5.41, 5.74) is 3.96. The van der Waals surface area contributed by atoms with E-state index >= 15 is 0 Å². The Hall–Kier alpha value is -2.55. The van der Waals surface area contributed by atoms with Gasteiger partial charge in [-0.1, -0.05) is 6.07 Å². The molecular formula is C21H24ClN3O2. The average molecular weight is 386 g/mol. The minimum Gasteiger partial charge on any atom is -0.491 e. The molecule has 1 amide bonds. The van der Waals surface area contributed by atoms with Crippen molar-refractivity contribution in [3.05, 3.63) is 58.7 Å². The highest BCUT2D eigenvalue weighted by Crippen LogP contribution is 2.24. The Morgan fingerprint density at radius 1 is 1.22 bits per heavy atom. The van der Waals surface area contributed by atoms with Crippen LogP contribution in [0.5, 0.6) is 5.75 Å². The number of nitrogens with one attached hydrogen (secondary N) is 1. The molecule has 0 radical (unpaired) electrons. The van der Waals surface area contributed by atoms with Crippen molar-refractivity contribution in [3.63, 3.8) is 0 Å². The van der Waals surface area contributed by atoms with Crippen molar-refractivity contribution in [3.8, 4) is 11.8 Å². The molecule has 0 spiro atoms. The van der Waals surface area contributed by atoms with Crippen molar-refractivity contribution >= 4 is 24.0 Å². The van der Waals surface area contributed by atoms with Crippen molar-refractivity contribution in [2.24, 2.45) is 0 Å². The van der Waals surface area contributed by atoms with Gasteiger partial charge in [-0.3, -0.25) is 4.79 Å². The van der Waals surface area contributed by atoms with Gasteiger partial charge in [-0.2, -0.15) is 5.26 Å². The molecule has 6 heteroatoms. The fraction of sp³-hybridized carbons (Fsp3) is 0.333. The Bertz CT molecular complexity index is 874. The second-order valence-corrected chi connectivity index (χ2v) is 6.91. The highest BCUT2D eigenvalue weighted by molar-refractivity contribution is 6.06. The van der Waals surface area contributed by atoms with Crippen LogP contribution in [0.2, 0.25) is 0 Å². The minimum absolute atomic E-state index is 0. The van der Waals surface area contributed by atoms with Crippen molar-refractivity contribution < 1.29 is 9.53 Å².